The number of hydrogen-bond donors (Lipinski definition) is 1. The van der Waals surface area contributed by atoms with E-state index >= 15 is 0 Å². The highest BCUT2D eigenvalue weighted by Gasteiger charge is 2.25. The van der Waals surface area contributed by atoms with Gasteiger partial charge in [-0.25, -0.2) is 4.98 Å². The van der Waals surface area contributed by atoms with Crippen LogP contribution in [0.4, 0.5) is 11.5 Å². The van der Waals surface area contributed by atoms with Crippen LogP contribution in [0.15, 0.2) is 40.9 Å². The normalized spacial score (nSPS) is 16.4. The van der Waals surface area contributed by atoms with Crippen LogP contribution in [0.2, 0.25) is 0 Å². The fourth-order valence-electron chi connectivity index (χ4n) is 3.90. The summed E-state index contributed by atoms with van der Waals surface area (Å²) in [5, 5.41) is 11.4. The molecule has 8 nitrogen and oxygen atoms in total. The Morgan fingerprint density at radius 2 is 2.12 bits per heavy atom. The van der Waals surface area contributed by atoms with Gasteiger partial charge >= 0.3 is 0 Å². The first-order valence-electron chi connectivity index (χ1n) is 11.2. The second kappa shape index (κ2) is 9.89. The third kappa shape index (κ3) is 5.49. The lowest BCUT2D eigenvalue weighted by atomic mass is 9.94. The number of carbonyl (C=O) groups is 1. The molecular weight excluding hydrogens is 404 g/mol. The van der Waals surface area contributed by atoms with Gasteiger partial charge in [-0.1, -0.05) is 19.9 Å². The summed E-state index contributed by atoms with van der Waals surface area (Å²) in [6, 6.07) is 9.94. The average Bonchev–Trinajstić information content (AvgIpc) is 3.28. The van der Waals surface area contributed by atoms with Gasteiger partial charge in [-0.05, 0) is 44.0 Å². The minimum Gasteiger partial charge on any atom is -0.425 e. The predicted octanol–water partition coefficient (Wildman–Crippen LogP) is 4.37. The molecule has 1 aliphatic heterocycles. The molecule has 0 aromatic carbocycles. The van der Waals surface area contributed by atoms with Crippen molar-refractivity contribution in [3.05, 3.63) is 59.7 Å². The molecule has 4 heterocycles. The third-order valence-corrected chi connectivity index (χ3v) is 5.67. The second-order valence-corrected chi connectivity index (χ2v) is 8.63. The molecule has 1 N–H and O–H groups in total. The monoisotopic (exact) mass is 434 g/mol. The number of pyridine rings is 2. The van der Waals surface area contributed by atoms with Crippen molar-refractivity contribution in [1.29, 1.82) is 0 Å². The number of piperidine rings is 1. The van der Waals surface area contributed by atoms with Crippen LogP contribution < -0.4 is 5.32 Å². The van der Waals surface area contributed by atoms with Gasteiger partial charge in [0.15, 0.2) is 0 Å². The number of aryl methyl sites for hydroxylation is 2. The maximum Gasteiger partial charge on any atom is 0.223 e. The number of likely N-dealkylation sites (tertiary alicyclic amines) is 1. The van der Waals surface area contributed by atoms with E-state index in [0.29, 0.717) is 31.2 Å². The van der Waals surface area contributed by atoms with Crippen LogP contribution in [-0.4, -0.2) is 44.1 Å². The first kappa shape index (κ1) is 21.9. The number of hydrogen-bond acceptors (Lipinski definition) is 7. The van der Waals surface area contributed by atoms with E-state index in [1.54, 1.807) is 0 Å². The Labute approximate surface area is 188 Å². The van der Waals surface area contributed by atoms with E-state index in [-0.39, 0.29) is 17.7 Å². The molecule has 168 valence electrons. The van der Waals surface area contributed by atoms with Crippen LogP contribution in [0.5, 0.6) is 0 Å². The maximum absolute atomic E-state index is 12.8. The van der Waals surface area contributed by atoms with Gasteiger partial charge in [0, 0.05) is 49.2 Å². The molecule has 1 aliphatic rings. The van der Waals surface area contributed by atoms with Crippen LogP contribution in [-0.2, 0) is 11.2 Å². The standard InChI is InChI=1S/C24H30N6O2/c1-16(2)24-29-28-22(32-24)11-12-23(31)30-13-5-7-18(15-30)20-10-9-19(14-25-20)27-21-8-4-6-17(3)26-21/h4,6,8-10,14,16,18H,5,7,11-13,15H2,1-3H3,(H,26,27). The lowest BCUT2D eigenvalue weighted by molar-refractivity contribution is -0.132. The van der Waals surface area contributed by atoms with E-state index in [0.717, 1.165) is 42.3 Å². The van der Waals surface area contributed by atoms with Crippen molar-refractivity contribution in [3.8, 4) is 0 Å². The number of carbonyl (C=O) groups excluding carboxylic acids is 1. The summed E-state index contributed by atoms with van der Waals surface area (Å²) in [5.74, 6) is 2.52. The average molecular weight is 435 g/mol. The summed E-state index contributed by atoms with van der Waals surface area (Å²) in [5.41, 5.74) is 2.88. The van der Waals surface area contributed by atoms with Gasteiger partial charge in [0.1, 0.15) is 5.82 Å². The van der Waals surface area contributed by atoms with Crippen molar-refractivity contribution in [2.75, 3.05) is 18.4 Å². The van der Waals surface area contributed by atoms with Gasteiger partial charge in [-0.3, -0.25) is 9.78 Å². The van der Waals surface area contributed by atoms with Crippen molar-refractivity contribution in [3.63, 3.8) is 0 Å². The zero-order valence-corrected chi connectivity index (χ0v) is 18.9. The number of anilines is 2. The summed E-state index contributed by atoms with van der Waals surface area (Å²) in [6.07, 6.45) is 4.70. The van der Waals surface area contributed by atoms with Crippen LogP contribution in [0, 0.1) is 6.92 Å². The summed E-state index contributed by atoms with van der Waals surface area (Å²) in [4.78, 5) is 23.8. The number of nitrogens with zero attached hydrogens (tertiary/aromatic N) is 5. The quantitative estimate of drug-likeness (QED) is 0.589. The third-order valence-electron chi connectivity index (χ3n) is 5.67. The van der Waals surface area contributed by atoms with Crippen molar-refractivity contribution < 1.29 is 9.21 Å². The second-order valence-electron chi connectivity index (χ2n) is 8.63. The van der Waals surface area contributed by atoms with Crippen molar-refractivity contribution in [2.45, 2.75) is 58.3 Å². The molecule has 8 heteroatoms. The van der Waals surface area contributed by atoms with E-state index in [1.165, 1.54) is 0 Å². The molecule has 0 aliphatic carbocycles. The topological polar surface area (TPSA) is 97.0 Å². The molecule has 1 fully saturated rings. The van der Waals surface area contributed by atoms with Crippen LogP contribution in [0.25, 0.3) is 0 Å². The molecule has 1 amide bonds. The summed E-state index contributed by atoms with van der Waals surface area (Å²) in [6.45, 7) is 7.46. The zero-order chi connectivity index (χ0) is 22.5. The van der Waals surface area contributed by atoms with Crippen LogP contribution in [0.3, 0.4) is 0 Å². The molecule has 0 saturated carbocycles. The van der Waals surface area contributed by atoms with E-state index in [9.17, 15) is 4.79 Å². The van der Waals surface area contributed by atoms with Gasteiger partial charge in [0.25, 0.3) is 0 Å². The molecule has 1 unspecified atom stereocenters. The molecule has 1 atom stereocenters. The van der Waals surface area contributed by atoms with Gasteiger partial charge in [-0.15, -0.1) is 10.2 Å². The van der Waals surface area contributed by atoms with Crippen molar-refractivity contribution in [2.24, 2.45) is 0 Å². The molecule has 32 heavy (non-hydrogen) atoms. The zero-order valence-electron chi connectivity index (χ0n) is 18.9. The molecule has 1 saturated heterocycles. The molecule has 3 aromatic heterocycles. The Kier molecular flexibility index (Phi) is 6.78. The molecule has 0 bridgehead atoms. The largest absolute Gasteiger partial charge is 0.425 e. The SMILES string of the molecule is Cc1cccc(Nc2ccc(C3CCCN(C(=O)CCc4nnc(C(C)C)o4)C3)nc2)n1. The molecular formula is C24H30N6O2. The molecule has 0 spiro atoms. The summed E-state index contributed by atoms with van der Waals surface area (Å²) in [7, 11) is 0. The van der Waals surface area contributed by atoms with Crippen LogP contribution in [0.1, 0.15) is 68.1 Å². The van der Waals surface area contributed by atoms with Gasteiger partial charge in [0.05, 0.1) is 11.9 Å². The number of amides is 1. The Morgan fingerprint density at radius 1 is 1.25 bits per heavy atom. The smallest absolute Gasteiger partial charge is 0.223 e. The molecule has 3 aromatic rings. The first-order valence-corrected chi connectivity index (χ1v) is 11.2. The van der Waals surface area contributed by atoms with Gasteiger partial charge in [0.2, 0.25) is 17.7 Å². The van der Waals surface area contributed by atoms with Crippen molar-refractivity contribution in [1.82, 2.24) is 25.1 Å². The summed E-state index contributed by atoms with van der Waals surface area (Å²) < 4.78 is 5.62. The van der Waals surface area contributed by atoms with Crippen molar-refractivity contribution >= 4 is 17.4 Å². The Hall–Kier alpha value is -3.29. The molecule has 0 radical (unpaired) electrons. The Balaban J connectivity index is 1.32. The van der Waals surface area contributed by atoms with Gasteiger partial charge in [-0.2, -0.15) is 0 Å². The van der Waals surface area contributed by atoms with Crippen LogP contribution >= 0.6 is 0 Å². The highest BCUT2D eigenvalue weighted by molar-refractivity contribution is 5.76. The summed E-state index contributed by atoms with van der Waals surface area (Å²) >= 11 is 0. The fourth-order valence-corrected chi connectivity index (χ4v) is 3.90. The minimum absolute atomic E-state index is 0.128. The van der Waals surface area contributed by atoms with E-state index in [1.807, 2.05) is 62.2 Å². The lowest BCUT2D eigenvalue weighted by Gasteiger charge is -2.32. The number of aromatic nitrogens is 4. The number of rotatable bonds is 7. The minimum atomic E-state index is 0.128. The number of nitrogens with one attached hydrogen (secondary N) is 1. The van der Waals surface area contributed by atoms with E-state index in [4.69, 9.17) is 4.42 Å². The molecule has 4 rings (SSSR count). The van der Waals surface area contributed by atoms with E-state index in [2.05, 4.69) is 25.5 Å². The van der Waals surface area contributed by atoms with E-state index < -0.39 is 0 Å². The van der Waals surface area contributed by atoms with Gasteiger partial charge < -0.3 is 14.6 Å². The fraction of sp³-hybridized carbons (Fsp3) is 0.458. The highest BCUT2D eigenvalue weighted by Crippen LogP contribution is 2.27. The highest BCUT2D eigenvalue weighted by atomic mass is 16.4. The Morgan fingerprint density at radius 3 is 2.84 bits per heavy atom. The lowest BCUT2D eigenvalue weighted by Crippen LogP contribution is -2.39. The Bertz CT molecular complexity index is 1050. The predicted molar refractivity (Wildman–Crippen MR) is 122 cm³/mol. The first-order chi connectivity index (χ1) is 15.5. The maximum atomic E-state index is 12.8.